The molecule has 0 radical (unpaired) electrons. The van der Waals surface area contributed by atoms with Gasteiger partial charge in [-0.15, -0.1) is 0 Å². The van der Waals surface area contributed by atoms with Crippen LogP contribution < -0.4 is 0 Å². The van der Waals surface area contributed by atoms with Gasteiger partial charge < -0.3 is 9.47 Å². The third kappa shape index (κ3) is 19.0. The van der Waals surface area contributed by atoms with Crippen LogP contribution in [0, 0.1) is 5.92 Å². The minimum Gasteiger partial charge on any atom is -0.466 e. The Kier molecular flexibility index (Phi) is 21.0. The van der Waals surface area contributed by atoms with Crippen LogP contribution in [0.2, 0.25) is 0 Å². The van der Waals surface area contributed by atoms with Gasteiger partial charge >= 0.3 is 11.9 Å². The van der Waals surface area contributed by atoms with Crippen molar-refractivity contribution in [3.05, 3.63) is 0 Å². The van der Waals surface area contributed by atoms with Crippen LogP contribution in [0.3, 0.4) is 0 Å². The van der Waals surface area contributed by atoms with E-state index in [2.05, 4.69) is 20.8 Å². The van der Waals surface area contributed by atoms with Gasteiger partial charge in [-0.3, -0.25) is 9.59 Å². The first kappa shape index (κ1) is 25.2. The molecule has 0 fully saturated rings. The Morgan fingerprint density at radius 1 is 0.750 bits per heavy atom. The number of hydrogen-bond acceptors (Lipinski definition) is 4. The summed E-state index contributed by atoms with van der Waals surface area (Å²) in [5.41, 5.74) is 0. The number of ether oxygens (including phenoxy) is 2. The number of hydrogen-bond donors (Lipinski definition) is 0. The highest BCUT2D eigenvalue weighted by molar-refractivity contribution is 5.69. The van der Waals surface area contributed by atoms with Gasteiger partial charge in [-0.05, 0) is 26.2 Å². The van der Waals surface area contributed by atoms with Crippen LogP contribution in [0.1, 0.15) is 98.8 Å². The van der Waals surface area contributed by atoms with Crippen molar-refractivity contribution in [3.63, 3.8) is 0 Å². The maximum atomic E-state index is 11.1. The van der Waals surface area contributed by atoms with E-state index in [1.165, 1.54) is 19.3 Å². The molecule has 0 N–H and O–H groups in total. The summed E-state index contributed by atoms with van der Waals surface area (Å²) in [7, 11) is 0. The highest BCUT2D eigenvalue weighted by Crippen LogP contribution is 2.15. The molecule has 0 aliphatic rings. The summed E-state index contributed by atoms with van der Waals surface area (Å²) in [5, 5.41) is 0. The fourth-order valence-electron chi connectivity index (χ4n) is 2.42. The molecule has 0 aliphatic carbocycles. The van der Waals surface area contributed by atoms with Crippen molar-refractivity contribution in [1.82, 2.24) is 0 Å². The topological polar surface area (TPSA) is 52.6 Å². The second-order valence-electron chi connectivity index (χ2n) is 6.04. The first-order valence-corrected chi connectivity index (χ1v) is 9.86. The zero-order valence-corrected chi connectivity index (χ0v) is 16.7. The summed E-state index contributed by atoms with van der Waals surface area (Å²) in [5.74, 6) is 0.431. The Bertz CT molecular complexity index is 289. The maximum Gasteiger partial charge on any atom is 0.306 e. The molecule has 4 heteroatoms. The quantitative estimate of drug-likeness (QED) is 0.319. The minimum atomic E-state index is -0.0472. The van der Waals surface area contributed by atoms with Crippen molar-refractivity contribution in [2.24, 2.45) is 5.92 Å². The molecule has 0 saturated carbocycles. The van der Waals surface area contributed by atoms with Crippen LogP contribution >= 0.6 is 0 Å². The molecule has 1 unspecified atom stereocenters. The summed E-state index contributed by atoms with van der Waals surface area (Å²) in [6.07, 6.45) is 10.5. The highest BCUT2D eigenvalue weighted by Gasteiger charge is 2.11. The fourth-order valence-corrected chi connectivity index (χ4v) is 2.42. The van der Waals surface area contributed by atoms with Crippen LogP contribution in [-0.2, 0) is 19.1 Å². The van der Waals surface area contributed by atoms with Crippen molar-refractivity contribution in [1.29, 1.82) is 0 Å². The van der Waals surface area contributed by atoms with Crippen LogP contribution in [-0.4, -0.2) is 25.2 Å². The van der Waals surface area contributed by atoms with Crippen LogP contribution in [0.4, 0.5) is 0 Å². The Hall–Kier alpha value is -1.06. The Labute approximate surface area is 149 Å². The largest absolute Gasteiger partial charge is 0.466 e. The monoisotopic (exact) mass is 344 g/mol. The summed E-state index contributed by atoms with van der Waals surface area (Å²) in [6, 6.07) is 0. The van der Waals surface area contributed by atoms with Crippen LogP contribution in [0.5, 0.6) is 0 Å². The number of carbonyl (C=O) groups excluding carboxylic acids is 2. The first-order chi connectivity index (χ1) is 11.5. The van der Waals surface area contributed by atoms with Gasteiger partial charge in [-0.1, -0.05) is 65.7 Å². The van der Waals surface area contributed by atoms with Gasteiger partial charge in [0.15, 0.2) is 0 Å². The third-order valence-corrected chi connectivity index (χ3v) is 3.82. The lowest BCUT2D eigenvalue weighted by molar-refractivity contribution is -0.144. The molecular weight excluding hydrogens is 304 g/mol. The van der Waals surface area contributed by atoms with E-state index in [-0.39, 0.29) is 11.9 Å². The summed E-state index contributed by atoms with van der Waals surface area (Å²) >= 11 is 0. The lowest BCUT2D eigenvalue weighted by Gasteiger charge is -2.11. The minimum absolute atomic E-state index is 0.0437. The van der Waals surface area contributed by atoms with Gasteiger partial charge in [-0.2, -0.15) is 0 Å². The molecule has 0 amide bonds. The molecule has 0 heterocycles. The van der Waals surface area contributed by atoms with E-state index in [0.29, 0.717) is 32.0 Å². The molecule has 0 aromatic heterocycles. The Morgan fingerprint density at radius 2 is 1.33 bits per heavy atom. The van der Waals surface area contributed by atoms with Gasteiger partial charge in [0.2, 0.25) is 0 Å². The van der Waals surface area contributed by atoms with E-state index < -0.39 is 0 Å². The van der Waals surface area contributed by atoms with Crippen LogP contribution in [0.25, 0.3) is 0 Å². The predicted octanol–water partition coefficient (Wildman–Crippen LogP) is 5.68. The first-order valence-electron chi connectivity index (χ1n) is 9.86. The van der Waals surface area contributed by atoms with E-state index in [4.69, 9.17) is 9.47 Å². The van der Waals surface area contributed by atoms with E-state index in [1.807, 2.05) is 13.8 Å². The van der Waals surface area contributed by atoms with Gasteiger partial charge in [-0.25, -0.2) is 0 Å². The normalized spacial score (nSPS) is 11.2. The average molecular weight is 345 g/mol. The second-order valence-corrected chi connectivity index (χ2v) is 6.04. The molecule has 24 heavy (non-hydrogen) atoms. The molecule has 144 valence electrons. The lowest BCUT2D eigenvalue weighted by atomic mass is 9.97. The van der Waals surface area contributed by atoms with E-state index in [0.717, 1.165) is 32.1 Å². The fraction of sp³-hybridized carbons (Fsp3) is 0.900. The zero-order chi connectivity index (χ0) is 18.6. The second kappa shape index (κ2) is 20.0. The van der Waals surface area contributed by atoms with Gasteiger partial charge in [0.25, 0.3) is 0 Å². The van der Waals surface area contributed by atoms with E-state index in [1.54, 1.807) is 0 Å². The van der Waals surface area contributed by atoms with Crippen molar-refractivity contribution < 1.29 is 19.1 Å². The van der Waals surface area contributed by atoms with Crippen molar-refractivity contribution in [2.75, 3.05) is 13.2 Å². The SMILES string of the molecule is CCCC(CC)CC(=O)OCC.CCCCCCCC(=O)OCC. The van der Waals surface area contributed by atoms with E-state index >= 15 is 0 Å². The standard InChI is InChI=1S/2C10H20O2/c1-4-7-9(5-2)8-10(11)12-6-3;1-3-5-6-7-8-9-10(11)12-4-2/h9H,4-8H2,1-3H3;3-9H2,1-2H3. The molecule has 0 bridgehead atoms. The molecule has 1 atom stereocenters. The Morgan fingerprint density at radius 3 is 1.83 bits per heavy atom. The summed E-state index contributed by atoms with van der Waals surface area (Å²) in [6.45, 7) is 11.2. The number of unbranched alkanes of at least 4 members (excludes halogenated alkanes) is 4. The molecule has 0 aliphatic heterocycles. The number of esters is 2. The third-order valence-electron chi connectivity index (χ3n) is 3.82. The van der Waals surface area contributed by atoms with E-state index in [9.17, 15) is 9.59 Å². The van der Waals surface area contributed by atoms with Crippen LogP contribution in [0.15, 0.2) is 0 Å². The summed E-state index contributed by atoms with van der Waals surface area (Å²) < 4.78 is 9.69. The van der Waals surface area contributed by atoms with Crippen molar-refractivity contribution in [2.45, 2.75) is 98.8 Å². The van der Waals surface area contributed by atoms with Crippen molar-refractivity contribution >= 4 is 11.9 Å². The smallest absolute Gasteiger partial charge is 0.306 e. The molecule has 0 aromatic carbocycles. The predicted molar refractivity (Wildman–Crippen MR) is 99.9 cm³/mol. The molecule has 4 nitrogen and oxygen atoms in total. The molecular formula is C20H40O4. The average Bonchev–Trinajstić information content (AvgIpc) is 2.55. The van der Waals surface area contributed by atoms with Crippen molar-refractivity contribution in [3.8, 4) is 0 Å². The molecule has 0 rings (SSSR count). The van der Waals surface area contributed by atoms with Gasteiger partial charge in [0.05, 0.1) is 13.2 Å². The number of carbonyl (C=O) groups is 2. The highest BCUT2D eigenvalue weighted by atomic mass is 16.5. The summed E-state index contributed by atoms with van der Waals surface area (Å²) in [4.78, 5) is 21.9. The molecule has 0 aromatic rings. The number of rotatable bonds is 13. The molecule has 0 spiro atoms. The van der Waals surface area contributed by atoms with Gasteiger partial charge in [0.1, 0.15) is 0 Å². The molecule has 0 saturated heterocycles. The lowest BCUT2D eigenvalue weighted by Crippen LogP contribution is -2.10. The van der Waals surface area contributed by atoms with Gasteiger partial charge in [0, 0.05) is 12.8 Å². The zero-order valence-electron chi connectivity index (χ0n) is 16.7. The maximum absolute atomic E-state index is 11.1. The Balaban J connectivity index is 0.